The zero-order valence-electron chi connectivity index (χ0n) is 12.6. The molecule has 0 saturated heterocycles. The third kappa shape index (κ3) is 4.05. The lowest BCUT2D eigenvalue weighted by molar-refractivity contribution is 0.205. The first-order chi connectivity index (χ1) is 8.55. The number of halogens is 1. The topological polar surface area (TPSA) is 46.2 Å². The first-order valence-corrected chi connectivity index (χ1v) is 10.2. The van der Waals surface area contributed by atoms with Gasteiger partial charge in [-0.15, -0.1) is 0 Å². The molecule has 0 aliphatic rings. The smallest absolute Gasteiger partial charge is 0.0885 e. The molecule has 2 nitrogen and oxygen atoms in total. The molecule has 1 aromatic carbocycles. The fourth-order valence-corrected chi connectivity index (χ4v) is 4.18. The molecule has 3 N–H and O–H groups in total. The van der Waals surface area contributed by atoms with E-state index in [1.165, 1.54) is 0 Å². The number of aliphatic hydroxyl groups is 1. The number of benzene rings is 1. The highest BCUT2D eigenvalue weighted by atomic mass is 35.5. The molecule has 108 valence electrons. The molecule has 2 atom stereocenters. The number of nitrogens with two attached hydrogens (primary N) is 1. The van der Waals surface area contributed by atoms with Crippen LogP contribution in [0.3, 0.4) is 0 Å². The summed E-state index contributed by atoms with van der Waals surface area (Å²) in [6.07, 6.45) is 0.685. The lowest BCUT2D eigenvalue weighted by Gasteiger charge is -2.42. The molecular formula is C15H26ClNOSi. The minimum absolute atomic E-state index is 0.129. The van der Waals surface area contributed by atoms with Crippen LogP contribution in [0.5, 0.6) is 0 Å². The monoisotopic (exact) mass is 299 g/mol. The van der Waals surface area contributed by atoms with E-state index in [-0.39, 0.29) is 11.1 Å². The summed E-state index contributed by atoms with van der Waals surface area (Å²) < 4.78 is 0. The molecule has 0 bridgehead atoms. The Balaban J connectivity index is 2.78. The van der Waals surface area contributed by atoms with Gasteiger partial charge in [-0.25, -0.2) is 0 Å². The lowest BCUT2D eigenvalue weighted by atomic mass is 10.1. The maximum Gasteiger partial charge on any atom is 0.0885 e. The lowest BCUT2D eigenvalue weighted by Crippen LogP contribution is -2.57. The van der Waals surface area contributed by atoms with Gasteiger partial charge in [0, 0.05) is 11.1 Å². The van der Waals surface area contributed by atoms with Crippen LogP contribution in [-0.2, 0) is 6.42 Å². The summed E-state index contributed by atoms with van der Waals surface area (Å²) in [7, 11) is -1.83. The van der Waals surface area contributed by atoms with Gasteiger partial charge in [-0.2, -0.15) is 0 Å². The summed E-state index contributed by atoms with van der Waals surface area (Å²) in [6.45, 7) is 11.0. The van der Waals surface area contributed by atoms with E-state index in [1.807, 2.05) is 24.3 Å². The van der Waals surface area contributed by atoms with Crippen molar-refractivity contribution in [2.45, 2.75) is 57.1 Å². The maximum atomic E-state index is 10.6. The van der Waals surface area contributed by atoms with E-state index in [4.69, 9.17) is 17.3 Å². The Morgan fingerprint density at radius 1 is 1.21 bits per heavy atom. The predicted molar refractivity (Wildman–Crippen MR) is 86.3 cm³/mol. The summed E-state index contributed by atoms with van der Waals surface area (Å²) in [5.41, 5.74) is 6.93. The largest absolute Gasteiger partial charge is 0.395 e. The summed E-state index contributed by atoms with van der Waals surface area (Å²) in [6, 6.07) is 7.45. The predicted octanol–water partition coefficient (Wildman–Crippen LogP) is 3.62. The molecule has 4 heteroatoms. The van der Waals surface area contributed by atoms with Crippen molar-refractivity contribution in [3.8, 4) is 0 Å². The fourth-order valence-electron chi connectivity index (χ4n) is 1.98. The van der Waals surface area contributed by atoms with E-state index in [2.05, 4.69) is 33.9 Å². The van der Waals surface area contributed by atoms with Crippen LogP contribution < -0.4 is 5.73 Å². The number of rotatable bonds is 4. The number of hydrogen-bond acceptors (Lipinski definition) is 2. The summed E-state index contributed by atoms with van der Waals surface area (Å²) in [5, 5.41) is 11.5. The Bertz CT molecular complexity index is 411. The SMILES string of the molecule is CC(C)(C)[Si](C)(C)C(O)[C@@H](N)Cc1ccc(Cl)cc1. The van der Waals surface area contributed by atoms with Gasteiger partial charge in [-0.05, 0) is 29.2 Å². The third-order valence-corrected chi connectivity index (χ3v) is 10.5. The second-order valence-electron chi connectivity index (χ2n) is 6.91. The van der Waals surface area contributed by atoms with Gasteiger partial charge in [0.2, 0.25) is 0 Å². The van der Waals surface area contributed by atoms with Crippen molar-refractivity contribution in [2.75, 3.05) is 0 Å². The van der Waals surface area contributed by atoms with E-state index in [0.717, 1.165) is 10.6 Å². The molecule has 19 heavy (non-hydrogen) atoms. The molecule has 0 aliphatic carbocycles. The van der Waals surface area contributed by atoms with Gasteiger partial charge in [0.25, 0.3) is 0 Å². The van der Waals surface area contributed by atoms with Crippen molar-refractivity contribution in [1.82, 2.24) is 0 Å². The van der Waals surface area contributed by atoms with Gasteiger partial charge >= 0.3 is 0 Å². The maximum absolute atomic E-state index is 10.6. The van der Waals surface area contributed by atoms with E-state index in [1.54, 1.807) is 0 Å². The first-order valence-electron chi connectivity index (χ1n) is 6.74. The van der Waals surface area contributed by atoms with Crippen molar-refractivity contribution in [3.05, 3.63) is 34.9 Å². The van der Waals surface area contributed by atoms with Crippen molar-refractivity contribution in [1.29, 1.82) is 0 Å². The van der Waals surface area contributed by atoms with E-state index >= 15 is 0 Å². The van der Waals surface area contributed by atoms with Gasteiger partial charge in [0.15, 0.2) is 0 Å². The second-order valence-corrected chi connectivity index (χ2v) is 12.9. The van der Waals surface area contributed by atoms with Crippen LogP contribution in [0.25, 0.3) is 0 Å². The number of aliphatic hydroxyl groups excluding tert-OH is 1. The van der Waals surface area contributed by atoms with E-state index < -0.39 is 13.8 Å². The Kier molecular flexibility index (Phi) is 5.24. The van der Waals surface area contributed by atoms with Gasteiger partial charge in [0.1, 0.15) is 0 Å². The van der Waals surface area contributed by atoms with Crippen molar-refractivity contribution < 1.29 is 5.11 Å². The van der Waals surface area contributed by atoms with Gasteiger partial charge < -0.3 is 10.8 Å². The molecule has 1 rings (SSSR count). The minimum atomic E-state index is -1.83. The van der Waals surface area contributed by atoms with Crippen molar-refractivity contribution >= 4 is 19.7 Å². The van der Waals surface area contributed by atoms with Crippen LogP contribution in [0.15, 0.2) is 24.3 Å². The molecule has 0 amide bonds. The fraction of sp³-hybridized carbons (Fsp3) is 0.600. The average molecular weight is 300 g/mol. The van der Waals surface area contributed by atoms with E-state index in [9.17, 15) is 5.11 Å². The quantitative estimate of drug-likeness (QED) is 0.834. The zero-order valence-corrected chi connectivity index (χ0v) is 14.3. The summed E-state index contributed by atoms with van der Waals surface area (Å²) in [5.74, 6) is 0. The minimum Gasteiger partial charge on any atom is -0.395 e. The highest BCUT2D eigenvalue weighted by Gasteiger charge is 2.43. The van der Waals surface area contributed by atoms with Crippen LogP contribution >= 0.6 is 11.6 Å². The van der Waals surface area contributed by atoms with Crippen LogP contribution in [0.1, 0.15) is 26.3 Å². The first kappa shape index (κ1) is 16.7. The molecule has 0 radical (unpaired) electrons. The molecule has 0 heterocycles. The summed E-state index contributed by atoms with van der Waals surface area (Å²) >= 11 is 5.87. The highest BCUT2D eigenvalue weighted by Crippen LogP contribution is 2.38. The van der Waals surface area contributed by atoms with Gasteiger partial charge in [0.05, 0.1) is 13.8 Å². The Hall–Kier alpha value is -0.353. The van der Waals surface area contributed by atoms with Crippen LogP contribution in [-0.4, -0.2) is 24.9 Å². The second kappa shape index (κ2) is 5.96. The standard InChI is InChI=1S/C15H26ClNOSi/c1-15(2,3)19(4,5)14(18)13(17)10-11-6-8-12(16)9-7-11/h6-9,13-14,18H,10,17H2,1-5H3/t13-,14?/m0/s1. The van der Waals surface area contributed by atoms with Crippen LogP contribution in [0.4, 0.5) is 0 Å². The average Bonchev–Trinajstić information content (AvgIpc) is 2.29. The normalized spacial score (nSPS) is 16.2. The van der Waals surface area contributed by atoms with Gasteiger partial charge in [-0.1, -0.05) is 57.6 Å². The van der Waals surface area contributed by atoms with Gasteiger partial charge in [-0.3, -0.25) is 0 Å². The molecule has 1 aromatic rings. The summed E-state index contributed by atoms with van der Waals surface area (Å²) in [4.78, 5) is 0. The Morgan fingerprint density at radius 2 is 1.68 bits per heavy atom. The molecule has 0 aromatic heterocycles. The molecular weight excluding hydrogens is 274 g/mol. The van der Waals surface area contributed by atoms with E-state index in [0.29, 0.717) is 6.42 Å². The molecule has 1 unspecified atom stereocenters. The highest BCUT2D eigenvalue weighted by molar-refractivity contribution is 6.81. The zero-order chi connectivity index (χ0) is 14.8. The third-order valence-electron chi connectivity index (χ3n) is 4.46. The molecule has 0 aliphatic heterocycles. The van der Waals surface area contributed by atoms with Crippen LogP contribution in [0.2, 0.25) is 23.2 Å². The molecule has 0 fully saturated rings. The Labute approximate surface area is 123 Å². The van der Waals surface area contributed by atoms with Crippen LogP contribution in [0, 0.1) is 0 Å². The van der Waals surface area contributed by atoms with Crippen molar-refractivity contribution in [3.63, 3.8) is 0 Å². The Morgan fingerprint density at radius 3 is 2.11 bits per heavy atom. The molecule has 0 saturated carbocycles. The number of hydrogen-bond donors (Lipinski definition) is 2. The molecule has 0 spiro atoms. The van der Waals surface area contributed by atoms with Crippen molar-refractivity contribution in [2.24, 2.45) is 5.73 Å².